The van der Waals surface area contributed by atoms with E-state index in [1.807, 2.05) is 19.2 Å². The number of rotatable bonds is 5. The molecule has 1 amide bonds. The molecule has 5 rings (SSSR count). The maximum atomic E-state index is 12.3. The molecular formula is C27H35N3O2. The van der Waals surface area contributed by atoms with Crippen LogP contribution in [0.15, 0.2) is 36.5 Å². The van der Waals surface area contributed by atoms with Gasteiger partial charge in [0.25, 0.3) is 5.91 Å². The van der Waals surface area contributed by atoms with Crippen molar-refractivity contribution in [2.75, 3.05) is 13.1 Å². The minimum atomic E-state index is -0.614. The number of fused-ring (bicyclic) bond motifs is 1. The average molecular weight is 434 g/mol. The Bertz CT molecular complexity index is 1020. The topological polar surface area (TPSA) is 79.4 Å². The van der Waals surface area contributed by atoms with Gasteiger partial charge >= 0.3 is 0 Å². The van der Waals surface area contributed by atoms with Gasteiger partial charge in [-0.15, -0.1) is 0 Å². The van der Waals surface area contributed by atoms with E-state index in [4.69, 9.17) is 10.7 Å². The fourth-order valence-electron chi connectivity index (χ4n) is 6.03. The first-order chi connectivity index (χ1) is 15.2. The smallest absolute Gasteiger partial charge is 0.250 e. The second-order valence-corrected chi connectivity index (χ2v) is 10.9. The van der Waals surface area contributed by atoms with Crippen molar-refractivity contribution in [3.05, 3.63) is 53.3 Å². The van der Waals surface area contributed by atoms with E-state index in [-0.39, 0.29) is 5.92 Å². The monoisotopic (exact) mass is 433 g/mol. The lowest BCUT2D eigenvalue weighted by Crippen LogP contribution is -2.32. The Morgan fingerprint density at radius 3 is 2.47 bits per heavy atom. The molecule has 0 spiro atoms. The molecule has 1 aromatic heterocycles. The lowest BCUT2D eigenvalue weighted by molar-refractivity contribution is 0.0168. The van der Waals surface area contributed by atoms with E-state index in [0.29, 0.717) is 17.0 Å². The number of amides is 1. The molecule has 170 valence electrons. The maximum Gasteiger partial charge on any atom is 0.250 e. The lowest BCUT2D eigenvalue weighted by atomic mass is 9.77. The van der Waals surface area contributed by atoms with Crippen molar-refractivity contribution in [3.8, 4) is 11.1 Å². The average Bonchev–Trinajstić information content (AvgIpc) is 3.34. The van der Waals surface area contributed by atoms with Gasteiger partial charge in [0.1, 0.15) is 0 Å². The zero-order valence-electron chi connectivity index (χ0n) is 19.5. The van der Waals surface area contributed by atoms with Gasteiger partial charge in [-0.25, -0.2) is 0 Å². The normalized spacial score (nSPS) is 32.2. The van der Waals surface area contributed by atoms with Crippen LogP contribution in [-0.2, 0) is 5.41 Å². The van der Waals surface area contributed by atoms with E-state index >= 15 is 0 Å². The van der Waals surface area contributed by atoms with Crippen molar-refractivity contribution >= 4 is 5.91 Å². The summed E-state index contributed by atoms with van der Waals surface area (Å²) in [6.07, 6.45) is 6.26. The third-order valence-electron chi connectivity index (χ3n) is 8.33. The molecule has 5 heteroatoms. The third kappa shape index (κ3) is 3.75. The molecule has 0 bridgehead atoms. The van der Waals surface area contributed by atoms with E-state index in [0.717, 1.165) is 55.0 Å². The van der Waals surface area contributed by atoms with Crippen LogP contribution in [0.4, 0.5) is 0 Å². The van der Waals surface area contributed by atoms with Crippen LogP contribution in [0.1, 0.15) is 80.4 Å². The van der Waals surface area contributed by atoms with Crippen molar-refractivity contribution in [2.24, 2.45) is 11.7 Å². The molecule has 2 unspecified atom stereocenters. The van der Waals surface area contributed by atoms with Gasteiger partial charge in [-0.2, -0.15) is 0 Å². The number of nitrogens with two attached hydrogens (primary N) is 1. The van der Waals surface area contributed by atoms with Crippen LogP contribution < -0.4 is 5.73 Å². The van der Waals surface area contributed by atoms with Crippen LogP contribution in [0.25, 0.3) is 11.1 Å². The summed E-state index contributed by atoms with van der Waals surface area (Å²) in [5.41, 5.74) is 10.2. The molecule has 2 aliphatic carbocycles. The Hall–Kier alpha value is -2.24. The van der Waals surface area contributed by atoms with Crippen molar-refractivity contribution < 1.29 is 9.90 Å². The second-order valence-electron chi connectivity index (χ2n) is 10.9. The number of carbonyl (C=O) groups is 1. The van der Waals surface area contributed by atoms with Gasteiger partial charge in [0.2, 0.25) is 0 Å². The van der Waals surface area contributed by atoms with Gasteiger partial charge in [0.15, 0.2) is 0 Å². The number of aromatic nitrogens is 1. The van der Waals surface area contributed by atoms with Gasteiger partial charge in [-0.05, 0) is 76.0 Å². The SMILES string of the molecule is CC(C)N1CC2CC2(c2ccc(-c3cnc(C4CCC(C)(O)CC4)c(C(N)=O)c3)cc2)C1. The Morgan fingerprint density at radius 1 is 1.19 bits per heavy atom. The molecular weight excluding hydrogens is 398 g/mol. The van der Waals surface area contributed by atoms with Crippen LogP contribution in [0.5, 0.6) is 0 Å². The Labute approximate surface area is 191 Å². The molecule has 2 atom stereocenters. The van der Waals surface area contributed by atoms with E-state index in [1.165, 1.54) is 18.5 Å². The highest BCUT2D eigenvalue weighted by atomic mass is 16.3. The molecule has 2 saturated carbocycles. The zero-order chi connectivity index (χ0) is 22.7. The summed E-state index contributed by atoms with van der Waals surface area (Å²) in [6.45, 7) is 8.82. The molecule has 32 heavy (non-hydrogen) atoms. The first-order valence-corrected chi connectivity index (χ1v) is 12.1. The summed E-state index contributed by atoms with van der Waals surface area (Å²) >= 11 is 0. The number of hydrogen-bond acceptors (Lipinski definition) is 4. The van der Waals surface area contributed by atoms with Crippen LogP contribution >= 0.6 is 0 Å². The van der Waals surface area contributed by atoms with Crippen LogP contribution in [-0.4, -0.2) is 45.6 Å². The van der Waals surface area contributed by atoms with Gasteiger partial charge < -0.3 is 10.8 Å². The standard InChI is InChI=1S/C27H35N3O2/c1-17(2)30-15-22-13-27(22,16-30)21-6-4-18(5-7-21)20-12-23(25(28)31)24(29-14-20)19-8-10-26(3,32)11-9-19/h4-7,12,14,17,19,22,32H,8-11,13,15-16H2,1-3H3,(H2,28,31). The summed E-state index contributed by atoms with van der Waals surface area (Å²) in [6, 6.07) is 11.4. The highest BCUT2D eigenvalue weighted by Crippen LogP contribution is 2.59. The number of pyridine rings is 1. The predicted molar refractivity (Wildman–Crippen MR) is 127 cm³/mol. The molecule has 2 aromatic rings. The molecule has 1 aliphatic heterocycles. The molecule has 3 fully saturated rings. The van der Waals surface area contributed by atoms with Crippen molar-refractivity contribution in [2.45, 2.75) is 75.9 Å². The first kappa shape index (κ1) is 21.6. The number of nitrogens with zero attached hydrogens (tertiary/aromatic N) is 2. The van der Waals surface area contributed by atoms with E-state index in [2.05, 4.69) is 43.0 Å². The Balaban J connectivity index is 1.37. The highest BCUT2D eigenvalue weighted by molar-refractivity contribution is 5.95. The molecule has 0 radical (unpaired) electrons. The molecule has 5 nitrogen and oxygen atoms in total. The van der Waals surface area contributed by atoms with Crippen molar-refractivity contribution in [1.29, 1.82) is 0 Å². The predicted octanol–water partition coefficient (Wildman–Crippen LogP) is 4.24. The van der Waals surface area contributed by atoms with Gasteiger partial charge in [-0.1, -0.05) is 24.3 Å². The van der Waals surface area contributed by atoms with E-state index < -0.39 is 11.5 Å². The maximum absolute atomic E-state index is 12.3. The summed E-state index contributed by atoms with van der Waals surface area (Å²) in [4.78, 5) is 19.6. The summed E-state index contributed by atoms with van der Waals surface area (Å²) in [5, 5.41) is 10.3. The fraction of sp³-hybridized carbons (Fsp3) is 0.556. The molecule has 3 N–H and O–H groups in total. The summed E-state index contributed by atoms with van der Waals surface area (Å²) < 4.78 is 0. The minimum absolute atomic E-state index is 0.173. The van der Waals surface area contributed by atoms with Gasteiger partial charge in [-0.3, -0.25) is 14.7 Å². The first-order valence-electron chi connectivity index (χ1n) is 12.1. The Kier molecular flexibility index (Phi) is 5.18. The third-order valence-corrected chi connectivity index (χ3v) is 8.33. The molecule has 3 aliphatic rings. The van der Waals surface area contributed by atoms with Crippen LogP contribution in [0, 0.1) is 5.92 Å². The molecule has 2 heterocycles. The molecule has 1 aromatic carbocycles. The fourth-order valence-corrected chi connectivity index (χ4v) is 6.03. The number of primary amides is 1. The number of aliphatic hydroxyl groups is 1. The summed E-state index contributed by atoms with van der Waals surface area (Å²) in [5.74, 6) is 0.531. The zero-order valence-corrected chi connectivity index (χ0v) is 19.5. The number of piperidine rings is 1. The van der Waals surface area contributed by atoms with E-state index in [1.54, 1.807) is 0 Å². The van der Waals surface area contributed by atoms with Crippen LogP contribution in [0.3, 0.4) is 0 Å². The number of benzene rings is 1. The highest BCUT2D eigenvalue weighted by Gasteiger charge is 2.60. The minimum Gasteiger partial charge on any atom is -0.390 e. The molecule has 1 saturated heterocycles. The largest absolute Gasteiger partial charge is 0.390 e. The quantitative estimate of drug-likeness (QED) is 0.739. The second kappa shape index (κ2) is 7.67. The number of hydrogen-bond donors (Lipinski definition) is 2. The number of carbonyl (C=O) groups excluding carboxylic acids is 1. The van der Waals surface area contributed by atoms with Gasteiger partial charge in [0, 0.05) is 42.2 Å². The van der Waals surface area contributed by atoms with Crippen molar-refractivity contribution in [1.82, 2.24) is 9.88 Å². The van der Waals surface area contributed by atoms with Crippen molar-refractivity contribution in [3.63, 3.8) is 0 Å². The van der Waals surface area contributed by atoms with Gasteiger partial charge in [0.05, 0.1) is 16.9 Å². The van der Waals surface area contributed by atoms with E-state index in [9.17, 15) is 9.90 Å². The summed E-state index contributed by atoms with van der Waals surface area (Å²) in [7, 11) is 0. The number of likely N-dealkylation sites (tertiary alicyclic amines) is 1. The Morgan fingerprint density at radius 2 is 1.88 bits per heavy atom. The lowest BCUT2D eigenvalue weighted by Gasteiger charge is -2.33. The van der Waals surface area contributed by atoms with Crippen LogP contribution in [0.2, 0.25) is 0 Å².